The van der Waals surface area contributed by atoms with Gasteiger partial charge in [-0.15, -0.1) is 6.42 Å². The Morgan fingerprint density at radius 1 is 1.60 bits per heavy atom. The zero-order valence-corrected chi connectivity index (χ0v) is 12.4. The fraction of sp³-hybridized carbons (Fsp3) is 0.375. The molecule has 20 heavy (non-hydrogen) atoms. The zero-order valence-electron chi connectivity index (χ0n) is 12.4. The summed E-state index contributed by atoms with van der Waals surface area (Å²) in [5.41, 5.74) is 1.02. The Bertz CT molecular complexity index is 558. The summed E-state index contributed by atoms with van der Waals surface area (Å²) in [6.07, 6.45) is 7.68. The Labute approximate surface area is 120 Å². The molecule has 1 aromatic carbocycles. The second-order valence-electron chi connectivity index (χ2n) is 4.75. The zero-order chi connectivity index (χ0) is 15.2. The van der Waals surface area contributed by atoms with Gasteiger partial charge in [0.2, 0.25) is 5.54 Å². The summed E-state index contributed by atoms with van der Waals surface area (Å²) in [6.45, 7) is 5.77. The second-order valence-corrected chi connectivity index (χ2v) is 4.75. The molecule has 0 spiro atoms. The molecule has 1 unspecified atom stereocenters. The van der Waals surface area contributed by atoms with E-state index in [0.717, 1.165) is 5.56 Å². The molecule has 0 heterocycles. The smallest absolute Gasteiger partial charge is 0.338 e. The number of hydrogen-bond donors (Lipinski definition) is 1. The molecule has 1 atom stereocenters. The molecule has 0 bridgehead atoms. The van der Waals surface area contributed by atoms with E-state index in [-0.39, 0.29) is 5.91 Å². The van der Waals surface area contributed by atoms with Gasteiger partial charge in [0.15, 0.2) is 0 Å². The molecule has 0 aliphatic carbocycles. The van der Waals surface area contributed by atoms with E-state index in [1.807, 2.05) is 39.0 Å². The van der Waals surface area contributed by atoms with Gasteiger partial charge in [-0.2, -0.15) is 0 Å². The van der Waals surface area contributed by atoms with Crippen LogP contribution in [0, 0.1) is 19.3 Å². The molecule has 0 radical (unpaired) electrons. The highest BCUT2D eigenvalue weighted by Crippen LogP contribution is 2.12. The van der Waals surface area contributed by atoms with Crippen LogP contribution in [0.3, 0.4) is 0 Å². The third kappa shape index (κ3) is 3.61. The van der Waals surface area contributed by atoms with Crippen molar-refractivity contribution in [1.29, 1.82) is 0 Å². The number of nitrogens with zero attached hydrogens (tertiary/aromatic N) is 1. The third-order valence-corrected chi connectivity index (χ3v) is 3.28. The average Bonchev–Trinajstić information content (AvgIpc) is 2.47. The van der Waals surface area contributed by atoms with Crippen LogP contribution >= 0.6 is 0 Å². The van der Waals surface area contributed by atoms with Gasteiger partial charge in [-0.1, -0.05) is 35.3 Å². The second kappa shape index (κ2) is 6.76. The minimum absolute atomic E-state index is 0.203. The first-order valence-electron chi connectivity index (χ1n) is 6.49. The Morgan fingerprint density at radius 2 is 2.30 bits per heavy atom. The van der Waals surface area contributed by atoms with Gasteiger partial charge in [0.05, 0.1) is 5.56 Å². The van der Waals surface area contributed by atoms with Crippen LogP contribution in [0.1, 0.15) is 36.2 Å². The number of hydrogen-bond acceptors (Lipinski definition) is 2. The average molecular weight is 273 g/mol. The van der Waals surface area contributed by atoms with Crippen molar-refractivity contribution in [2.45, 2.75) is 32.7 Å². The Balaban J connectivity index is 2.90. The van der Waals surface area contributed by atoms with E-state index < -0.39 is 5.54 Å². The number of nitrogens with one attached hydrogen (secondary N) is 1. The molecule has 0 aromatic heterocycles. The molecule has 0 aliphatic rings. The van der Waals surface area contributed by atoms with Crippen LogP contribution in [-0.2, 0) is 4.84 Å². The number of aryl methyl sites for hydroxylation is 1. The van der Waals surface area contributed by atoms with Crippen LogP contribution in [0.15, 0.2) is 24.3 Å². The SMILES string of the molecule is C#CC(C)(CC)[N+](=CNC(=O)c1cccc(C)c1)OC. The number of hydroxylamine groups is 1. The summed E-state index contributed by atoms with van der Waals surface area (Å²) >= 11 is 0. The van der Waals surface area contributed by atoms with Crippen LogP contribution in [0.4, 0.5) is 0 Å². The Morgan fingerprint density at radius 3 is 2.80 bits per heavy atom. The number of carbonyl (C=O) groups excluding carboxylic acids is 1. The molecule has 1 aromatic rings. The van der Waals surface area contributed by atoms with Gasteiger partial charge >= 0.3 is 5.91 Å². The molecule has 0 saturated heterocycles. The minimum atomic E-state index is -0.603. The minimum Gasteiger partial charge on any atom is -0.343 e. The molecule has 0 aliphatic heterocycles. The van der Waals surface area contributed by atoms with Gasteiger partial charge in [-0.25, -0.2) is 10.1 Å². The quantitative estimate of drug-likeness (QED) is 0.293. The van der Waals surface area contributed by atoms with Gasteiger partial charge in [0.25, 0.3) is 6.34 Å². The van der Waals surface area contributed by atoms with Gasteiger partial charge in [0.1, 0.15) is 7.11 Å². The number of rotatable bonds is 5. The first kappa shape index (κ1) is 15.8. The fourth-order valence-corrected chi connectivity index (χ4v) is 1.71. The molecule has 1 amide bonds. The van der Waals surface area contributed by atoms with Crippen LogP contribution in [0.25, 0.3) is 0 Å². The van der Waals surface area contributed by atoms with Crippen molar-refractivity contribution in [3.8, 4) is 12.3 Å². The maximum atomic E-state index is 12.0. The first-order chi connectivity index (χ1) is 9.46. The largest absolute Gasteiger partial charge is 0.343 e. The standard InChI is InChI=1S/C16H20N2O2/c1-6-16(4,7-2)18(20-5)12-17-15(19)14-10-8-9-13(3)11-14/h1,8-12H,7H2,2-5H3/p+1. The molecule has 106 valence electrons. The van der Waals surface area contributed by atoms with Crippen LogP contribution in [0.2, 0.25) is 0 Å². The summed E-state index contributed by atoms with van der Waals surface area (Å²) in [4.78, 5) is 17.3. The lowest BCUT2D eigenvalue weighted by atomic mass is 10.0. The van der Waals surface area contributed by atoms with Crippen molar-refractivity contribution < 1.29 is 14.4 Å². The number of carbonyl (C=O) groups is 1. The summed E-state index contributed by atoms with van der Waals surface area (Å²) in [7, 11) is 1.51. The monoisotopic (exact) mass is 273 g/mol. The van der Waals surface area contributed by atoms with Crippen molar-refractivity contribution in [2.75, 3.05) is 7.11 Å². The van der Waals surface area contributed by atoms with E-state index in [1.165, 1.54) is 18.2 Å². The molecule has 0 saturated carbocycles. The third-order valence-electron chi connectivity index (χ3n) is 3.28. The van der Waals surface area contributed by atoms with E-state index in [0.29, 0.717) is 12.0 Å². The van der Waals surface area contributed by atoms with Crippen LogP contribution < -0.4 is 5.32 Å². The summed E-state index contributed by atoms with van der Waals surface area (Å²) in [6, 6.07) is 7.36. The molecular weight excluding hydrogens is 252 g/mol. The van der Waals surface area contributed by atoms with E-state index in [2.05, 4.69) is 11.2 Å². The van der Waals surface area contributed by atoms with Gasteiger partial charge < -0.3 is 4.84 Å². The van der Waals surface area contributed by atoms with Crippen molar-refractivity contribution in [3.05, 3.63) is 35.4 Å². The normalized spacial score (nSPS) is 14.1. The molecule has 4 heteroatoms. The van der Waals surface area contributed by atoms with Gasteiger partial charge in [-0.3, -0.25) is 0 Å². The van der Waals surface area contributed by atoms with Crippen LogP contribution in [0.5, 0.6) is 0 Å². The maximum absolute atomic E-state index is 12.0. The molecule has 0 fully saturated rings. The lowest BCUT2D eigenvalue weighted by molar-refractivity contribution is -0.817. The predicted octanol–water partition coefficient (Wildman–Crippen LogP) is 2.13. The van der Waals surface area contributed by atoms with E-state index in [1.54, 1.807) is 6.07 Å². The number of terminal acetylenes is 1. The van der Waals surface area contributed by atoms with Crippen molar-refractivity contribution in [1.82, 2.24) is 5.32 Å². The summed E-state index contributed by atoms with van der Waals surface area (Å²) < 4.78 is 1.47. The Kier molecular flexibility index (Phi) is 5.33. The molecule has 4 nitrogen and oxygen atoms in total. The topological polar surface area (TPSA) is 41.3 Å². The van der Waals surface area contributed by atoms with E-state index >= 15 is 0 Å². The molecular formula is C16H21N2O2+. The van der Waals surface area contributed by atoms with Crippen molar-refractivity contribution >= 4 is 12.2 Å². The summed E-state index contributed by atoms with van der Waals surface area (Å²) in [5.74, 6) is 2.47. The van der Waals surface area contributed by atoms with E-state index in [9.17, 15) is 4.79 Å². The summed E-state index contributed by atoms with van der Waals surface area (Å²) in [5, 5.41) is 2.69. The lowest BCUT2D eigenvalue weighted by Gasteiger charge is -2.20. The van der Waals surface area contributed by atoms with Gasteiger partial charge in [0, 0.05) is 6.42 Å². The van der Waals surface area contributed by atoms with Crippen LogP contribution in [-0.4, -0.2) is 29.6 Å². The van der Waals surface area contributed by atoms with Crippen molar-refractivity contribution in [2.24, 2.45) is 0 Å². The van der Waals surface area contributed by atoms with Crippen molar-refractivity contribution in [3.63, 3.8) is 0 Å². The lowest BCUT2D eigenvalue weighted by Crippen LogP contribution is -2.41. The number of amides is 1. The highest BCUT2D eigenvalue weighted by atomic mass is 16.7. The maximum Gasteiger partial charge on any atom is 0.338 e. The highest BCUT2D eigenvalue weighted by molar-refractivity contribution is 6.00. The molecule has 1 rings (SSSR count). The van der Waals surface area contributed by atoms with Gasteiger partial charge in [-0.05, 0) is 26.0 Å². The predicted molar refractivity (Wildman–Crippen MR) is 79.5 cm³/mol. The highest BCUT2D eigenvalue weighted by Gasteiger charge is 2.29. The van der Waals surface area contributed by atoms with E-state index in [4.69, 9.17) is 11.3 Å². The Hall–Kier alpha value is -2.28. The molecule has 1 N–H and O–H groups in total. The fourth-order valence-electron chi connectivity index (χ4n) is 1.71. The first-order valence-corrected chi connectivity index (χ1v) is 6.49. The number of benzene rings is 1.